The van der Waals surface area contributed by atoms with Crippen molar-refractivity contribution in [2.45, 2.75) is 13.3 Å². The summed E-state index contributed by atoms with van der Waals surface area (Å²) in [5.74, 6) is -0.0821. The minimum Gasteiger partial charge on any atom is -0.396 e. The van der Waals surface area contributed by atoms with Crippen molar-refractivity contribution in [2.24, 2.45) is 0 Å². The first kappa shape index (κ1) is 12.4. The molecular formula is C11H14INO2. The molecule has 0 radical (unpaired) electrons. The zero-order chi connectivity index (χ0) is 11.3. The average Bonchev–Trinajstić information content (AvgIpc) is 2.22. The van der Waals surface area contributed by atoms with E-state index in [1.54, 1.807) is 0 Å². The molecule has 1 aromatic rings. The Kier molecular flexibility index (Phi) is 5.04. The lowest BCUT2D eigenvalue weighted by Gasteiger charge is -2.05. The van der Waals surface area contributed by atoms with Crippen LogP contribution in [0.2, 0.25) is 0 Å². The van der Waals surface area contributed by atoms with Gasteiger partial charge in [0.05, 0.1) is 0 Å². The van der Waals surface area contributed by atoms with Gasteiger partial charge in [-0.25, -0.2) is 0 Å². The van der Waals surface area contributed by atoms with Gasteiger partial charge in [0.1, 0.15) is 0 Å². The fourth-order valence-corrected chi connectivity index (χ4v) is 1.63. The topological polar surface area (TPSA) is 49.3 Å². The number of rotatable bonds is 4. The number of halogens is 1. The molecule has 82 valence electrons. The molecule has 0 aliphatic carbocycles. The first-order valence-electron chi connectivity index (χ1n) is 4.80. The second-order valence-electron chi connectivity index (χ2n) is 3.30. The predicted octanol–water partition coefficient (Wildman–Crippen LogP) is 1.71. The van der Waals surface area contributed by atoms with Crippen molar-refractivity contribution in [1.29, 1.82) is 0 Å². The minimum atomic E-state index is -0.0821. The summed E-state index contributed by atoms with van der Waals surface area (Å²) >= 11 is 2.21. The number of hydrogen-bond donors (Lipinski definition) is 2. The van der Waals surface area contributed by atoms with E-state index in [-0.39, 0.29) is 12.5 Å². The normalized spacial score (nSPS) is 10.1. The second-order valence-corrected chi connectivity index (χ2v) is 4.46. The number of carbonyl (C=O) groups excluding carboxylic acids is 1. The van der Waals surface area contributed by atoms with E-state index in [2.05, 4.69) is 27.9 Å². The Morgan fingerprint density at radius 3 is 2.87 bits per heavy atom. The maximum atomic E-state index is 11.6. The summed E-state index contributed by atoms with van der Waals surface area (Å²) in [6.45, 7) is 2.63. The Hall–Kier alpha value is -0.620. The first-order valence-corrected chi connectivity index (χ1v) is 5.88. The number of aryl methyl sites for hydroxylation is 1. The number of amides is 1. The molecule has 0 spiro atoms. The van der Waals surface area contributed by atoms with Gasteiger partial charge in [-0.1, -0.05) is 6.07 Å². The third-order valence-electron chi connectivity index (χ3n) is 2.05. The maximum Gasteiger partial charge on any atom is 0.251 e. The van der Waals surface area contributed by atoms with Crippen LogP contribution in [0.15, 0.2) is 18.2 Å². The minimum absolute atomic E-state index is 0.0821. The summed E-state index contributed by atoms with van der Waals surface area (Å²) in [6.07, 6.45) is 0.592. The van der Waals surface area contributed by atoms with Crippen LogP contribution in [-0.2, 0) is 0 Å². The molecule has 0 fully saturated rings. The first-order chi connectivity index (χ1) is 7.15. The molecule has 4 heteroatoms. The van der Waals surface area contributed by atoms with Crippen molar-refractivity contribution < 1.29 is 9.90 Å². The standard InChI is InChI=1S/C11H14INO2/c1-8-3-4-9(7-10(8)12)11(15)13-5-2-6-14/h3-4,7,14H,2,5-6H2,1H3,(H,13,15). The van der Waals surface area contributed by atoms with E-state index >= 15 is 0 Å². The molecule has 0 aromatic heterocycles. The monoisotopic (exact) mass is 319 g/mol. The molecule has 15 heavy (non-hydrogen) atoms. The number of nitrogens with one attached hydrogen (secondary N) is 1. The van der Waals surface area contributed by atoms with Gasteiger partial charge < -0.3 is 10.4 Å². The van der Waals surface area contributed by atoms with Crippen LogP contribution in [0.1, 0.15) is 22.3 Å². The number of aliphatic hydroxyl groups is 1. The Morgan fingerprint density at radius 2 is 2.27 bits per heavy atom. The van der Waals surface area contributed by atoms with Gasteiger partial charge in [-0.15, -0.1) is 0 Å². The molecule has 1 amide bonds. The largest absolute Gasteiger partial charge is 0.396 e. The van der Waals surface area contributed by atoms with E-state index in [1.165, 1.54) is 5.56 Å². The molecule has 0 saturated carbocycles. The van der Waals surface area contributed by atoms with Gasteiger partial charge in [0.15, 0.2) is 0 Å². The summed E-state index contributed by atoms with van der Waals surface area (Å²) in [6, 6.07) is 5.61. The number of aliphatic hydroxyl groups excluding tert-OH is 1. The molecule has 1 aromatic carbocycles. The Morgan fingerprint density at radius 1 is 1.53 bits per heavy atom. The summed E-state index contributed by atoms with van der Waals surface area (Å²) in [7, 11) is 0. The van der Waals surface area contributed by atoms with Gasteiger partial charge >= 0.3 is 0 Å². The molecule has 0 bridgehead atoms. The van der Waals surface area contributed by atoms with E-state index in [0.717, 1.165) is 3.57 Å². The van der Waals surface area contributed by atoms with E-state index < -0.39 is 0 Å². The molecular weight excluding hydrogens is 305 g/mol. The molecule has 1 rings (SSSR count). The van der Waals surface area contributed by atoms with Crippen LogP contribution in [0.4, 0.5) is 0 Å². The van der Waals surface area contributed by atoms with Crippen molar-refractivity contribution in [1.82, 2.24) is 5.32 Å². The van der Waals surface area contributed by atoms with Crippen molar-refractivity contribution in [3.63, 3.8) is 0 Å². The van der Waals surface area contributed by atoms with Gasteiger partial charge in [0.25, 0.3) is 5.91 Å². The van der Waals surface area contributed by atoms with Crippen LogP contribution < -0.4 is 5.32 Å². The number of hydrogen-bond acceptors (Lipinski definition) is 2. The highest BCUT2D eigenvalue weighted by Gasteiger charge is 2.05. The van der Waals surface area contributed by atoms with E-state index in [4.69, 9.17) is 5.11 Å². The van der Waals surface area contributed by atoms with Gasteiger partial charge in [-0.3, -0.25) is 4.79 Å². The van der Waals surface area contributed by atoms with Crippen LogP contribution in [0.3, 0.4) is 0 Å². The highest BCUT2D eigenvalue weighted by molar-refractivity contribution is 14.1. The van der Waals surface area contributed by atoms with Crippen molar-refractivity contribution in [2.75, 3.05) is 13.2 Å². The Labute approximate surface area is 103 Å². The van der Waals surface area contributed by atoms with Gasteiger partial charge in [-0.2, -0.15) is 0 Å². The second kappa shape index (κ2) is 6.07. The number of benzene rings is 1. The van der Waals surface area contributed by atoms with Gasteiger partial charge in [-0.05, 0) is 53.6 Å². The maximum absolute atomic E-state index is 11.6. The summed E-state index contributed by atoms with van der Waals surface area (Å²) in [5, 5.41) is 11.3. The predicted molar refractivity (Wildman–Crippen MR) is 67.9 cm³/mol. The fourth-order valence-electron chi connectivity index (χ4n) is 1.12. The smallest absolute Gasteiger partial charge is 0.251 e. The molecule has 0 atom stereocenters. The third kappa shape index (κ3) is 3.79. The lowest BCUT2D eigenvalue weighted by molar-refractivity contribution is 0.0951. The van der Waals surface area contributed by atoms with Crippen molar-refractivity contribution in [3.05, 3.63) is 32.9 Å². The van der Waals surface area contributed by atoms with Crippen molar-refractivity contribution >= 4 is 28.5 Å². The van der Waals surface area contributed by atoms with Crippen LogP contribution in [0.25, 0.3) is 0 Å². The van der Waals surface area contributed by atoms with Gasteiger partial charge in [0.2, 0.25) is 0 Å². The van der Waals surface area contributed by atoms with E-state index in [1.807, 2.05) is 25.1 Å². The molecule has 2 N–H and O–H groups in total. The van der Waals surface area contributed by atoms with Crippen molar-refractivity contribution in [3.8, 4) is 0 Å². The molecule has 0 heterocycles. The summed E-state index contributed by atoms with van der Waals surface area (Å²) in [4.78, 5) is 11.6. The molecule has 0 aliphatic heterocycles. The Balaban J connectivity index is 2.62. The summed E-state index contributed by atoms with van der Waals surface area (Å²) < 4.78 is 1.09. The molecule has 0 unspecified atom stereocenters. The highest BCUT2D eigenvalue weighted by atomic mass is 127. The van der Waals surface area contributed by atoms with Gasteiger partial charge in [0, 0.05) is 22.3 Å². The lowest BCUT2D eigenvalue weighted by Crippen LogP contribution is -2.25. The van der Waals surface area contributed by atoms with E-state index in [9.17, 15) is 4.79 Å². The zero-order valence-electron chi connectivity index (χ0n) is 8.59. The summed E-state index contributed by atoms with van der Waals surface area (Å²) in [5.41, 5.74) is 1.84. The highest BCUT2D eigenvalue weighted by Crippen LogP contribution is 2.13. The molecule has 3 nitrogen and oxygen atoms in total. The van der Waals surface area contributed by atoms with Crippen LogP contribution in [-0.4, -0.2) is 24.2 Å². The van der Waals surface area contributed by atoms with E-state index in [0.29, 0.717) is 18.5 Å². The zero-order valence-corrected chi connectivity index (χ0v) is 10.7. The molecule has 0 saturated heterocycles. The quantitative estimate of drug-likeness (QED) is 0.656. The molecule has 0 aliphatic rings. The SMILES string of the molecule is Cc1ccc(C(=O)NCCCO)cc1I. The van der Waals surface area contributed by atoms with Crippen LogP contribution in [0, 0.1) is 10.5 Å². The Bertz CT molecular complexity index is 352. The third-order valence-corrected chi connectivity index (χ3v) is 3.22. The average molecular weight is 319 g/mol. The fraction of sp³-hybridized carbons (Fsp3) is 0.364. The lowest BCUT2D eigenvalue weighted by atomic mass is 10.1. The van der Waals surface area contributed by atoms with Crippen LogP contribution >= 0.6 is 22.6 Å². The van der Waals surface area contributed by atoms with Crippen LogP contribution in [0.5, 0.6) is 0 Å². The number of carbonyl (C=O) groups is 1.